The van der Waals surface area contributed by atoms with Gasteiger partial charge in [-0.2, -0.15) is 0 Å². The molecule has 1 rings (SSSR count). The highest BCUT2D eigenvalue weighted by Crippen LogP contribution is 2.20. The van der Waals surface area contributed by atoms with Gasteiger partial charge in [-0.25, -0.2) is 0 Å². The van der Waals surface area contributed by atoms with Gasteiger partial charge >= 0.3 is 0 Å². The second kappa shape index (κ2) is 5.31. The van der Waals surface area contributed by atoms with Gasteiger partial charge < -0.3 is 14.6 Å². The van der Waals surface area contributed by atoms with Crippen molar-refractivity contribution in [2.24, 2.45) is 5.41 Å². The summed E-state index contributed by atoms with van der Waals surface area (Å²) in [4.78, 5) is 30.5. The van der Waals surface area contributed by atoms with Crippen LogP contribution >= 0.6 is 0 Å². The molecule has 1 amide bonds. The highest BCUT2D eigenvalue weighted by molar-refractivity contribution is 5.82. The second-order valence-corrected chi connectivity index (χ2v) is 4.98. The molecule has 0 aromatic carbocycles. The zero-order valence-electron chi connectivity index (χ0n) is 10.5. The number of carbonyl (C=O) groups is 1. The molecule has 0 spiro atoms. The first-order valence-corrected chi connectivity index (χ1v) is 5.58. The molecule has 0 radical (unpaired) electrons. The fraction of sp³-hybridized carbons (Fsp3) is 0.900. The average molecular weight is 245 g/mol. The van der Waals surface area contributed by atoms with Crippen LogP contribution in [0.2, 0.25) is 0 Å². The van der Waals surface area contributed by atoms with Crippen molar-refractivity contribution in [1.82, 2.24) is 9.80 Å². The highest BCUT2D eigenvalue weighted by Gasteiger charge is 2.34. The minimum absolute atomic E-state index is 0.0903. The Morgan fingerprint density at radius 3 is 2.35 bits per heavy atom. The lowest BCUT2D eigenvalue weighted by atomic mass is 9.92. The van der Waals surface area contributed by atoms with E-state index in [9.17, 15) is 14.9 Å². The molecule has 0 aromatic rings. The number of likely N-dealkylation sites (N-methyl/N-ethyl adjacent to an activating group) is 1. The van der Waals surface area contributed by atoms with E-state index in [1.54, 1.807) is 18.7 Å². The zero-order valence-corrected chi connectivity index (χ0v) is 10.5. The number of piperazine rings is 1. The van der Waals surface area contributed by atoms with E-state index >= 15 is 0 Å². The predicted molar refractivity (Wildman–Crippen MR) is 60.8 cm³/mol. The first kappa shape index (κ1) is 13.7. The summed E-state index contributed by atoms with van der Waals surface area (Å²) in [5, 5.41) is 9.28. The fourth-order valence-corrected chi connectivity index (χ4v) is 1.71. The Kier molecular flexibility index (Phi) is 4.28. The number of rotatable bonds is 4. The third-order valence-electron chi connectivity index (χ3n) is 2.90. The summed E-state index contributed by atoms with van der Waals surface area (Å²) in [5.74, 6) is -0.0903. The summed E-state index contributed by atoms with van der Waals surface area (Å²) < 4.78 is 0. The molecule has 1 fully saturated rings. The van der Waals surface area contributed by atoms with Crippen LogP contribution in [0.4, 0.5) is 0 Å². The molecule has 7 nitrogen and oxygen atoms in total. The van der Waals surface area contributed by atoms with Gasteiger partial charge in [-0.05, 0) is 20.9 Å². The largest absolute Gasteiger partial charge is 0.340 e. The lowest BCUT2D eigenvalue weighted by Gasteiger charge is -2.36. The molecule has 17 heavy (non-hydrogen) atoms. The van der Waals surface area contributed by atoms with Crippen molar-refractivity contribution >= 4 is 5.91 Å². The summed E-state index contributed by atoms with van der Waals surface area (Å²) >= 11 is 0. The molecule has 1 saturated heterocycles. The van der Waals surface area contributed by atoms with E-state index in [0.717, 1.165) is 13.1 Å². The number of hydrogen-bond donors (Lipinski definition) is 0. The van der Waals surface area contributed by atoms with Crippen LogP contribution in [-0.2, 0) is 9.63 Å². The Hall–Kier alpha value is -1.37. The topological polar surface area (TPSA) is 75.9 Å². The van der Waals surface area contributed by atoms with Crippen LogP contribution in [0.3, 0.4) is 0 Å². The summed E-state index contributed by atoms with van der Waals surface area (Å²) in [6.45, 7) is 6.11. The predicted octanol–water partition coefficient (Wildman–Crippen LogP) is -0.00510. The Labute approximate surface area is 100 Å². The van der Waals surface area contributed by atoms with Gasteiger partial charge in [0.15, 0.2) is 0 Å². The van der Waals surface area contributed by atoms with Crippen molar-refractivity contribution in [1.29, 1.82) is 0 Å². The molecule has 1 heterocycles. The number of carbonyl (C=O) groups excluding carboxylic acids is 1. The molecule has 98 valence electrons. The number of hydrogen-bond acceptors (Lipinski definition) is 5. The summed E-state index contributed by atoms with van der Waals surface area (Å²) in [6.07, 6.45) is 0. The van der Waals surface area contributed by atoms with Crippen LogP contribution in [0.15, 0.2) is 0 Å². The third-order valence-corrected chi connectivity index (χ3v) is 2.90. The molecule has 0 aromatic heterocycles. The monoisotopic (exact) mass is 245 g/mol. The van der Waals surface area contributed by atoms with Gasteiger partial charge in [-0.3, -0.25) is 4.79 Å². The first-order chi connectivity index (χ1) is 7.83. The molecule has 0 atom stereocenters. The van der Waals surface area contributed by atoms with Crippen LogP contribution in [0.25, 0.3) is 0 Å². The van der Waals surface area contributed by atoms with E-state index in [0.29, 0.717) is 13.1 Å². The minimum atomic E-state index is -0.862. The Balaban J connectivity index is 2.52. The minimum Gasteiger partial charge on any atom is -0.340 e. The quantitative estimate of drug-likeness (QED) is 0.514. The molecule has 0 unspecified atom stereocenters. The molecule has 0 saturated carbocycles. The van der Waals surface area contributed by atoms with Crippen LogP contribution in [0.5, 0.6) is 0 Å². The van der Waals surface area contributed by atoms with E-state index in [1.807, 2.05) is 7.05 Å². The Morgan fingerprint density at radius 1 is 1.35 bits per heavy atom. The van der Waals surface area contributed by atoms with E-state index in [4.69, 9.17) is 0 Å². The maximum Gasteiger partial charge on any atom is 0.294 e. The van der Waals surface area contributed by atoms with Crippen molar-refractivity contribution in [3.63, 3.8) is 0 Å². The normalized spacial score (nSPS) is 17.9. The van der Waals surface area contributed by atoms with Gasteiger partial charge in [0.2, 0.25) is 5.91 Å². The molecule has 0 bridgehead atoms. The SMILES string of the molecule is CN1CCN(C(=O)C(C)(C)CO[N+](=O)[O-])CC1. The van der Waals surface area contributed by atoms with Gasteiger partial charge in [-0.1, -0.05) is 0 Å². The number of amides is 1. The lowest BCUT2D eigenvalue weighted by molar-refractivity contribution is -0.760. The average Bonchev–Trinajstić information content (AvgIpc) is 2.27. The van der Waals surface area contributed by atoms with Crippen molar-refractivity contribution in [3.8, 4) is 0 Å². The molecular weight excluding hydrogens is 226 g/mol. The van der Waals surface area contributed by atoms with Crippen molar-refractivity contribution in [2.45, 2.75) is 13.8 Å². The van der Waals surface area contributed by atoms with Crippen molar-refractivity contribution in [2.75, 3.05) is 39.8 Å². The highest BCUT2D eigenvalue weighted by atomic mass is 16.9. The van der Waals surface area contributed by atoms with E-state index in [1.165, 1.54) is 0 Å². The number of nitrogens with zero attached hydrogens (tertiary/aromatic N) is 3. The first-order valence-electron chi connectivity index (χ1n) is 5.58. The summed E-state index contributed by atoms with van der Waals surface area (Å²) in [6, 6.07) is 0. The Morgan fingerprint density at radius 2 is 1.88 bits per heavy atom. The Bertz CT molecular complexity index is 298. The van der Waals surface area contributed by atoms with Crippen LogP contribution in [0.1, 0.15) is 13.8 Å². The summed E-state index contributed by atoms with van der Waals surface area (Å²) in [7, 11) is 2.00. The molecule has 0 N–H and O–H groups in total. The standard InChI is InChI=1S/C10H19N3O4/c1-10(2,8-17-13(15)16)9(14)12-6-4-11(3)5-7-12/h4-8H2,1-3H3. The molecule has 7 heteroatoms. The lowest BCUT2D eigenvalue weighted by Crippen LogP contribution is -2.52. The van der Waals surface area contributed by atoms with E-state index in [-0.39, 0.29) is 12.5 Å². The molecule has 1 aliphatic heterocycles. The van der Waals surface area contributed by atoms with Crippen LogP contribution < -0.4 is 0 Å². The molecular formula is C10H19N3O4. The van der Waals surface area contributed by atoms with Crippen LogP contribution in [0, 0.1) is 15.5 Å². The second-order valence-electron chi connectivity index (χ2n) is 4.98. The van der Waals surface area contributed by atoms with E-state index in [2.05, 4.69) is 9.74 Å². The van der Waals surface area contributed by atoms with E-state index < -0.39 is 10.5 Å². The summed E-state index contributed by atoms with van der Waals surface area (Å²) in [5.41, 5.74) is -0.858. The van der Waals surface area contributed by atoms with Gasteiger partial charge in [0, 0.05) is 26.2 Å². The fourth-order valence-electron chi connectivity index (χ4n) is 1.71. The molecule has 0 aliphatic carbocycles. The molecule has 1 aliphatic rings. The maximum atomic E-state index is 12.1. The van der Waals surface area contributed by atoms with Crippen molar-refractivity contribution in [3.05, 3.63) is 10.1 Å². The third kappa shape index (κ3) is 3.85. The van der Waals surface area contributed by atoms with Gasteiger partial charge in [0.25, 0.3) is 5.09 Å². The van der Waals surface area contributed by atoms with Crippen LogP contribution in [-0.4, -0.2) is 60.6 Å². The smallest absolute Gasteiger partial charge is 0.294 e. The van der Waals surface area contributed by atoms with Gasteiger partial charge in [-0.15, -0.1) is 10.1 Å². The van der Waals surface area contributed by atoms with Crippen molar-refractivity contribution < 1.29 is 14.7 Å². The maximum absolute atomic E-state index is 12.1. The van der Waals surface area contributed by atoms with Gasteiger partial charge in [0.05, 0.1) is 5.41 Å². The zero-order chi connectivity index (χ0) is 13.1. The van der Waals surface area contributed by atoms with Gasteiger partial charge in [0.1, 0.15) is 6.61 Å².